The summed E-state index contributed by atoms with van der Waals surface area (Å²) in [5, 5.41) is 9.33. The Hall–Kier alpha value is -1.88. The number of aliphatic carboxylic acids is 1. The number of carboxylic acids is 1. The zero-order valence-electron chi connectivity index (χ0n) is 14.1. The van der Waals surface area contributed by atoms with E-state index in [0.29, 0.717) is 13.0 Å². The fourth-order valence-electron chi connectivity index (χ4n) is 4.03. The van der Waals surface area contributed by atoms with Gasteiger partial charge in [-0.1, -0.05) is 37.5 Å². The lowest BCUT2D eigenvalue weighted by Crippen LogP contribution is -2.48. The zero-order valence-corrected chi connectivity index (χ0v) is 14.1. The molecule has 1 aromatic rings. The van der Waals surface area contributed by atoms with Crippen LogP contribution in [0.3, 0.4) is 0 Å². The third-order valence-corrected chi connectivity index (χ3v) is 5.23. The molecule has 2 aliphatic rings. The molecule has 1 aromatic carbocycles. The summed E-state index contributed by atoms with van der Waals surface area (Å²) in [6.07, 6.45) is 7.09. The van der Waals surface area contributed by atoms with Crippen molar-refractivity contribution in [3.8, 4) is 0 Å². The van der Waals surface area contributed by atoms with Crippen molar-refractivity contribution in [1.29, 1.82) is 0 Å². The van der Waals surface area contributed by atoms with Gasteiger partial charge in [0.1, 0.15) is 6.04 Å². The number of carboxylic acid groups (broad SMARTS) is 1. The van der Waals surface area contributed by atoms with Gasteiger partial charge in [0.05, 0.1) is 6.54 Å². The molecule has 0 radical (unpaired) electrons. The first-order chi connectivity index (χ1) is 11.7. The molecule has 0 spiro atoms. The van der Waals surface area contributed by atoms with E-state index in [2.05, 4.69) is 0 Å². The van der Waals surface area contributed by atoms with Crippen LogP contribution in [0.15, 0.2) is 30.3 Å². The topological polar surface area (TPSA) is 60.9 Å². The Morgan fingerprint density at radius 2 is 1.75 bits per heavy atom. The van der Waals surface area contributed by atoms with E-state index in [-0.39, 0.29) is 18.5 Å². The zero-order chi connectivity index (χ0) is 16.9. The molecule has 1 aliphatic carbocycles. The van der Waals surface area contributed by atoms with Crippen LogP contribution >= 0.6 is 0 Å². The number of carbonyl (C=O) groups is 2. The second-order valence-electron chi connectivity index (χ2n) is 6.86. The maximum Gasteiger partial charge on any atom is 0.320 e. The van der Waals surface area contributed by atoms with Gasteiger partial charge >= 0.3 is 5.97 Å². The number of carbonyl (C=O) groups excluding carboxylic acids is 1. The highest BCUT2D eigenvalue weighted by atomic mass is 16.4. The number of amides is 1. The van der Waals surface area contributed by atoms with Crippen LogP contribution in [-0.2, 0) is 9.59 Å². The first-order valence-electron chi connectivity index (χ1n) is 9.01. The summed E-state index contributed by atoms with van der Waals surface area (Å²) in [7, 11) is 0. The highest BCUT2D eigenvalue weighted by Gasteiger charge is 2.34. The number of hydrogen-bond acceptors (Lipinski definition) is 3. The van der Waals surface area contributed by atoms with Crippen molar-refractivity contribution < 1.29 is 14.7 Å². The molecule has 1 heterocycles. The van der Waals surface area contributed by atoms with Crippen LogP contribution in [0.5, 0.6) is 0 Å². The molecule has 1 saturated carbocycles. The quantitative estimate of drug-likeness (QED) is 0.902. The van der Waals surface area contributed by atoms with Crippen LogP contribution in [0.1, 0.15) is 44.9 Å². The van der Waals surface area contributed by atoms with Crippen molar-refractivity contribution in [3.63, 3.8) is 0 Å². The first-order valence-corrected chi connectivity index (χ1v) is 9.01. The molecular weight excluding hydrogens is 304 g/mol. The molecule has 5 heteroatoms. The molecule has 0 bridgehead atoms. The summed E-state index contributed by atoms with van der Waals surface area (Å²) in [6.45, 7) is 0.887. The van der Waals surface area contributed by atoms with Crippen molar-refractivity contribution in [2.45, 2.75) is 57.0 Å². The van der Waals surface area contributed by atoms with Gasteiger partial charge in [-0.2, -0.15) is 0 Å². The van der Waals surface area contributed by atoms with Crippen molar-refractivity contribution in [1.82, 2.24) is 4.90 Å². The van der Waals surface area contributed by atoms with E-state index >= 15 is 0 Å². The van der Waals surface area contributed by atoms with E-state index in [0.717, 1.165) is 37.8 Å². The molecule has 1 saturated heterocycles. The Balaban J connectivity index is 1.77. The van der Waals surface area contributed by atoms with Gasteiger partial charge in [0, 0.05) is 11.7 Å². The molecule has 2 fully saturated rings. The minimum absolute atomic E-state index is 0.0289. The van der Waals surface area contributed by atoms with Crippen molar-refractivity contribution in [2.24, 2.45) is 0 Å². The average Bonchev–Trinajstić information content (AvgIpc) is 3.05. The Kier molecular flexibility index (Phi) is 5.51. The van der Waals surface area contributed by atoms with Gasteiger partial charge in [-0.05, 0) is 44.4 Å². The summed E-state index contributed by atoms with van der Waals surface area (Å²) in [5.74, 6) is -0.787. The van der Waals surface area contributed by atoms with Crippen LogP contribution in [-0.4, -0.2) is 47.1 Å². The Labute approximate surface area is 143 Å². The molecule has 1 atom stereocenters. The summed E-state index contributed by atoms with van der Waals surface area (Å²) in [4.78, 5) is 28.2. The Bertz CT molecular complexity index is 569. The van der Waals surface area contributed by atoms with Gasteiger partial charge in [0.15, 0.2) is 0 Å². The van der Waals surface area contributed by atoms with Gasteiger partial charge in [0.25, 0.3) is 0 Å². The molecule has 1 aliphatic heterocycles. The second kappa shape index (κ2) is 7.79. The van der Waals surface area contributed by atoms with E-state index in [1.807, 2.05) is 40.1 Å². The summed E-state index contributed by atoms with van der Waals surface area (Å²) in [5.41, 5.74) is 0.931. The van der Waals surface area contributed by atoms with E-state index in [9.17, 15) is 14.7 Å². The predicted octanol–water partition coefficient (Wildman–Crippen LogP) is 2.90. The SMILES string of the molecule is O=C(O)[C@@H]1CCCN1CC(=O)N(c1ccccc1)C1CCCCC1. The largest absolute Gasteiger partial charge is 0.480 e. The lowest BCUT2D eigenvalue weighted by molar-refractivity contribution is -0.142. The fraction of sp³-hybridized carbons (Fsp3) is 0.579. The van der Waals surface area contributed by atoms with Crippen molar-refractivity contribution >= 4 is 17.6 Å². The van der Waals surface area contributed by atoms with Crippen LogP contribution in [0, 0.1) is 0 Å². The molecule has 130 valence electrons. The van der Waals surface area contributed by atoms with Crippen LogP contribution in [0.2, 0.25) is 0 Å². The maximum absolute atomic E-state index is 13.1. The lowest BCUT2D eigenvalue weighted by atomic mass is 9.93. The summed E-state index contributed by atoms with van der Waals surface area (Å²) < 4.78 is 0. The minimum atomic E-state index is -0.816. The van der Waals surface area contributed by atoms with Crippen LogP contribution in [0.4, 0.5) is 5.69 Å². The summed E-state index contributed by atoms with van der Waals surface area (Å²) >= 11 is 0. The highest BCUT2D eigenvalue weighted by molar-refractivity contribution is 5.95. The van der Waals surface area contributed by atoms with Crippen molar-refractivity contribution in [3.05, 3.63) is 30.3 Å². The maximum atomic E-state index is 13.1. The second-order valence-corrected chi connectivity index (χ2v) is 6.86. The molecule has 24 heavy (non-hydrogen) atoms. The number of hydrogen-bond donors (Lipinski definition) is 1. The van der Waals surface area contributed by atoms with E-state index in [1.54, 1.807) is 0 Å². The molecule has 3 rings (SSSR count). The molecule has 1 N–H and O–H groups in total. The Morgan fingerprint density at radius 1 is 1.04 bits per heavy atom. The van der Waals surface area contributed by atoms with E-state index < -0.39 is 12.0 Å². The third kappa shape index (κ3) is 3.78. The lowest BCUT2D eigenvalue weighted by Gasteiger charge is -2.36. The number of para-hydroxylation sites is 1. The monoisotopic (exact) mass is 330 g/mol. The first kappa shape index (κ1) is 17.0. The summed E-state index contributed by atoms with van der Waals surface area (Å²) in [6, 6.07) is 9.53. The standard InChI is InChI=1S/C19H26N2O3/c22-18(14-20-13-7-12-17(20)19(23)24)21(15-8-3-1-4-9-15)16-10-5-2-6-11-16/h1,3-4,8-9,16-17H,2,5-7,10-14H2,(H,23,24)/t17-/m0/s1. The normalized spacial score (nSPS) is 22.4. The molecule has 5 nitrogen and oxygen atoms in total. The van der Waals surface area contributed by atoms with Gasteiger partial charge in [-0.25, -0.2) is 0 Å². The average molecular weight is 330 g/mol. The molecule has 0 unspecified atom stereocenters. The van der Waals surface area contributed by atoms with Crippen LogP contribution < -0.4 is 4.90 Å². The number of rotatable bonds is 5. The number of anilines is 1. The van der Waals surface area contributed by atoms with Crippen molar-refractivity contribution in [2.75, 3.05) is 18.0 Å². The predicted molar refractivity (Wildman–Crippen MR) is 93.0 cm³/mol. The van der Waals surface area contributed by atoms with Gasteiger partial charge < -0.3 is 10.0 Å². The fourth-order valence-corrected chi connectivity index (χ4v) is 4.03. The van der Waals surface area contributed by atoms with Crippen LogP contribution in [0.25, 0.3) is 0 Å². The highest BCUT2D eigenvalue weighted by Crippen LogP contribution is 2.28. The van der Waals surface area contributed by atoms with Gasteiger partial charge in [-0.3, -0.25) is 14.5 Å². The van der Waals surface area contributed by atoms with Gasteiger partial charge in [0.2, 0.25) is 5.91 Å². The number of benzene rings is 1. The molecular formula is C19H26N2O3. The third-order valence-electron chi connectivity index (χ3n) is 5.23. The molecule has 1 amide bonds. The molecule has 0 aromatic heterocycles. The van der Waals surface area contributed by atoms with E-state index in [1.165, 1.54) is 6.42 Å². The Morgan fingerprint density at radius 3 is 2.42 bits per heavy atom. The van der Waals surface area contributed by atoms with Gasteiger partial charge in [-0.15, -0.1) is 0 Å². The minimum Gasteiger partial charge on any atom is -0.480 e. The van der Waals surface area contributed by atoms with E-state index in [4.69, 9.17) is 0 Å². The number of likely N-dealkylation sites (tertiary alicyclic amines) is 1. The smallest absolute Gasteiger partial charge is 0.320 e. The number of nitrogens with zero attached hydrogens (tertiary/aromatic N) is 2.